The van der Waals surface area contributed by atoms with Gasteiger partial charge in [-0.1, -0.05) is 79.2 Å². The van der Waals surface area contributed by atoms with Crippen molar-refractivity contribution in [3.05, 3.63) is 96.4 Å². The highest BCUT2D eigenvalue weighted by molar-refractivity contribution is 5.76. The molecule has 4 aromatic rings. The van der Waals surface area contributed by atoms with Crippen LogP contribution in [0.2, 0.25) is 0 Å². The topological polar surface area (TPSA) is 92.8 Å². The van der Waals surface area contributed by atoms with Crippen molar-refractivity contribution < 1.29 is 24.2 Å². The molecule has 0 aliphatic carbocycles. The summed E-state index contributed by atoms with van der Waals surface area (Å²) in [7, 11) is 0. The summed E-state index contributed by atoms with van der Waals surface area (Å²) >= 11 is 0. The number of aliphatic carboxylic acids is 1. The van der Waals surface area contributed by atoms with E-state index in [-0.39, 0.29) is 19.1 Å². The smallest absolute Gasteiger partial charge is 0.341 e. The average Bonchev–Trinajstić information content (AvgIpc) is 3.34. The lowest BCUT2D eigenvalue weighted by atomic mass is 9.94. The molecule has 0 spiro atoms. The number of hydrogen-bond acceptors (Lipinski definition) is 5. The highest BCUT2D eigenvalue weighted by Gasteiger charge is 2.23. The van der Waals surface area contributed by atoms with Gasteiger partial charge in [-0.15, -0.1) is 0 Å². The molecule has 0 bridgehead atoms. The molecule has 6 heteroatoms. The number of aromatic nitrogens is 1. The highest BCUT2D eigenvalue weighted by Crippen LogP contribution is 2.37. The van der Waals surface area contributed by atoms with Gasteiger partial charge in [0, 0.05) is 23.7 Å². The number of hydrogen-bond donors (Lipinski definition) is 2. The third kappa shape index (κ3) is 6.58. The van der Waals surface area contributed by atoms with Crippen molar-refractivity contribution in [2.75, 3.05) is 13.2 Å². The fraction of sp³-hybridized carbons (Fsp3) is 0.241. The molecule has 6 nitrogen and oxygen atoms in total. The second-order valence-electron chi connectivity index (χ2n) is 8.41. The Labute approximate surface area is 204 Å². The zero-order valence-electron chi connectivity index (χ0n) is 19.5. The van der Waals surface area contributed by atoms with Gasteiger partial charge in [0.15, 0.2) is 18.3 Å². The molecule has 35 heavy (non-hydrogen) atoms. The summed E-state index contributed by atoms with van der Waals surface area (Å²) in [6.45, 7) is -0.245. The zero-order chi connectivity index (χ0) is 24.5. The molecule has 0 aliphatic rings. The summed E-state index contributed by atoms with van der Waals surface area (Å²) in [5.74, 6) is 0.867. The second kappa shape index (κ2) is 12.0. The molecule has 180 valence electrons. The van der Waals surface area contributed by atoms with E-state index in [4.69, 9.17) is 19.2 Å². The van der Waals surface area contributed by atoms with Gasteiger partial charge in [-0.05, 0) is 37.0 Å². The summed E-state index contributed by atoms with van der Waals surface area (Å²) in [5, 5.41) is 18.2. The fourth-order valence-electron chi connectivity index (χ4n) is 4.10. The lowest BCUT2D eigenvalue weighted by Crippen LogP contribution is -2.10. The minimum absolute atomic E-state index is 0.0174. The molecule has 1 atom stereocenters. The van der Waals surface area contributed by atoms with Crippen LogP contribution >= 0.6 is 0 Å². The van der Waals surface area contributed by atoms with E-state index in [1.54, 1.807) is 6.07 Å². The normalized spacial score (nSPS) is 11.8. The number of carbonyl (C=O) groups is 1. The minimum Gasteiger partial charge on any atom is -0.482 e. The number of aliphatic hydroxyl groups is 1. The maximum atomic E-state index is 10.9. The molecule has 1 heterocycles. The van der Waals surface area contributed by atoms with E-state index in [1.165, 1.54) is 0 Å². The monoisotopic (exact) mass is 471 g/mol. The Hall–Kier alpha value is -3.90. The van der Waals surface area contributed by atoms with Gasteiger partial charge >= 0.3 is 5.97 Å². The first-order valence-electron chi connectivity index (χ1n) is 11.8. The molecular weight excluding hydrogens is 442 g/mol. The molecule has 4 rings (SSSR count). The van der Waals surface area contributed by atoms with Crippen molar-refractivity contribution >= 4 is 5.97 Å². The zero-order valence-corrected chi connectivity index (χ0v) is 19.5. The van der Waals surface area contributed by atoms with Crippen molar-refractivity contribution in [2.24, 2.45) is 0 Å². The van der Waals surface area contributed by atoms with Gasteiger partial charge in [-0.25, -0.2) is 9.78 Å². The number of rotatable bonds is 12. The van der Waals surface area contributed by atoms with Crippen molar-refractivity contribution in [1.29, 1.82) is 0 Å². The Balaban J connectivity index is 1.68. The number of oxazole rings is 1. The molecular formula is C29H29NO5. The quantitative estimate of drug-likeness (QED) is 0.248. The standard InChI is InChI=1S/C29H29NO5/c31-17-8-7-15-24(18-21-10-9-16-25(19-21)34-20-26(32)33)29-30-27(22-11-3-1-4-12-22)28(35-29)23-13-5-2-6-14-23/h1-6,9-14,16,19,24,31H,7-8,15,17-18,20H2,(H,32,33). The first kappa shape index (κ1) is 24.2. The first-order chi connectivity index (χ1) is 17.1. The van der Waals surface area contributed by atoms with Crippen LogP contribution in [-0.4, -0.2) is 34.4 Å². The van der Waals surface area contributed by atoms with Crippen LogP contribution in [0.4, 0.5) is 0 Å². The average molecular weight is 472 g/mol. The van der Waals surface area contributed by atoms with Crippen LogP contribution in [-0.2, 0) is 11.2 Å². The summed E-state index contributed by atoms with van der Waals surface area (Å²) in [5.41, 5.74) is 3.75. The van der Waals surface area contributed by atoms with Gasteiger partial charge in [0.25, 0.3) is 0 Å². The maximum absolute atomic E-state index is 10.9. The van der Waals surface area contributed by atoms with Gasteiger partial charge in [0.05, 0.1) is 0 Å². The van der Waals surface area contributed by atoms with Crippen LogP contribution in [0.15, 0.2) is 89.3 Å². The third-order valence-corrected chi connectivity index (χ3v) is 5.78. The Morgan fingerprint density at radius 3 is 2.31 bits per heavy atom. The second-order valence-corrected chi connectivity index (χ2v) is 8.41. The minimum atomic E-state index is -1.01. The van der Waals surface area contributed by atoms with Crippen LogP contribution in [0.1, 0.15) is 36.6 Å². The summed E-state index contributed by atoms with van der Waals surface area (Å²) in [4.78, 5) is 15.8. The van der Waals surface area contributed by atoms with Crippen LogP contribution in [0.3, 0.4) is 0 Å². The predicted octanol–water partition coefficient (Wildman–Crippen LogP) is 5.96. The van der Waals surface area contributed by atoms with E-state index in [0.717, 1.165) is 41.0 Å². The predicted molar refractivity (Wildman–Crippen MR) is 134 cm³/mol. The highest BCUT2D eigenvalue weighted by atomic mass is 16.5. The molecule has 0 radical (unpaired) electrons. The number of ether oxygens (including phenoxy) is 1. The van der Waals surface area contributed by atoms with Crippen LogP contribution in [0.25, 0.3) is 22.6 Å². The number of unbranched alkanes of at least 4 members (excludes halogenated alkanes) is 1. The summed E-state index contributed by atoms with van der Waals surface area (Å²) in [6.07, 6.45) is 2.98. The van der Waals surface area contributed by atoms with Gasteiger partial charge in [0.1, 0.15) is 11.4 Å². The van der Waals surface area contributed by atoms with E-state index in [1.807, 2.05) is 78.9 Å². The Bertz CT molecular complexity index is 1160. The maximum Gasteiger partial charge on any atom is 0.341 e. The molecule has 3 aromatic carbocycles. The van der Waals surface area contributed by atoms with Crippen molar-refractivity contribution in [3.8, 4) is 28.3 Å². The van der Waals surface area contributed by atoms with Crippen molar-refractivity contribution in [3.63, 3.8) is 0 Å². The molecule has 0 fully saturated rings. The molecule has 1 unspecified atom stereocenters. The van der Waals surface area contributed by atoms with Gasteiger partial charge in [-0.3, -0.25) is 0 Å². The van der Waals surface area contributed by atoms with Crippen LogP contribution in [0, 0.1) is 0 Å². The largest absolute Gasteiger partial charge is 0.482 e. The third-order valence-electron chi connectivity index (χ3n) is 5.78. The van der Waals surface area contributed by atoms with Crippen molar-refractivity contribution in [2.45, 2.75) is 31.6 Å². The van der Waals surface area contributed by atoms with Crippen LogP contribution in [0.5, 0.6) is 5.75 Å². The van der Waals surface area contributed by atoms with Gasteiger partial charge in [-0.2, -0.15) is 0 Å². The fourth-order valence-corrected chi connectivity index (χ4v) is 4.10. The Kier molecular flexibility index (Phi) is 8.30. The van der Waals surface area contributed by atoms with Crippen molar-refractivity contribution in [1.82, 2.24) is 4.98 Å². The summed E-state index contributed by atoms with van der Waals surface area (Å²) < 4.78 is 11.8. The SMILES string of the molecule is O=C(O)COc1cccc(CC(CCCCO)c2nc(-c3ccccc3)c(-c3ccccc3)o2)c1. The van der Waals surface area contributed by atoms with Gasteiger partial charge < -0.3 is 19.4 Å². The number of carboxylic acids is 1. The number of carboxylic acid groups (broad SMARTS) is 1. The molecule has 0 saturated heterocycles. The van der Waals surface area contributed by atoms with E-state index < -0.39 is 5.97 Å². The molecule has 1 aromatic heterocycles. The first-order valence-corrected chi connectivity index (χ1v) is 11.8. The van der Waals surface area contributed by atoms with Crippen LogP contribution < -0.4 is 4.74 Å². The number of nitrogens with zero attached hydrogens (tertiary/aromatic N) is 1. The van der Waals surface area contributed by atoms with Gasteiger partial charge in [0.2, 0.25) is 0 Å². The lowest BCUT2D eigenvalue weighted by molar-refractivity contribution is -0.139. The Morgan fingerprint density at radius 2 is 1.63 bits per heavy atom. The van der Waals surface area contributed by atoms with E-state index in [0.29, 0.717) is 24.5 Å². The Morgan fingerprint density at radius 1 is 0.914 bits per heavy atom. The number of aliphatic hydroxyl groups excluding tert-OH is 1. The lowest BCUT2D eigenvalue weighted by Gasteiger charge is -2.14. The van der Waals surface area contributed by atoms with E-state index in [9.17, 15) is 9.90 Å². The molecule has 2 N–H and O–H groups in total. The van der Waals surface area contributed by atoms with E-state index in [2.05, 4.69) is 0 Å². The molecule has 0 amide bonds. The molecule has 0 aliphatic heterocycles. The number of benzene rings is 3. The summed E-state index contributed by atoms with van der Waals surface area (Å²) in [6, 6.07) is 27.4. The van der Waals surface area contributed by atoms with E-state index >= 15 is 0 Å². The molecule has 0 saturated carbocycles.